The lowest BCUT2D eigenvalue weighted by Crippen LogP contribution is -2.22. The maximum Gasteiger partial charge on any atom is 0.341 e. The second-order valence-corrected chi connectivity index (χ2v) is 3.17. The molecule has 1 N–H and O–H groups in total. The van der Waals surface area contributed by atoms with Crippen LogP contribution in [0.15, 0.2) is 11.0 Å². The van der Waals surface area contributed by atoms with Crippen molar-refractivity contribution >= 4 is 5.97 Å². The Balaban J connectivity index is 3.57. The summed E-state index contributed by atoms with van der Waals surface area (Å²) < 4.78 is 1.76. The molecule has 1 heterocycles. The zero-order chi connectivity index (χ0) is 10.9. The Bertz CT molecular complexity index is 432. The molecular weight excluding hydrogens is 182 g/mol. The minimum Gasteiger partial charge on any atom is -0.477 e. The normalized spacial score (nSPS) is 10.2. The molecule has 0 saturated carbocycles. The lowest BCUT2D eigenvalue weighted by molar-refractivity contribution is 0.0694. The Hall–Kier alpha value is -1.58. The van der Waals surface area contributed by atoms with Gasteiger partial charge in [-0.1, -0.05) is 0 Å². The van der Waals surface area contributed by atoms with E-state index in [-0.39, 0.29) is 11.0 Å². The van der Waals surface area contributed by atoms with Gasteiger partial charge in [-0.05, 0) is 20.8 Å². The lowest BCUT2D eigenvalue weighted by Gasteiger charge is -2.11. The van der Waals surface area contributed by atoms with E-state index in [2.05, 4.69) is 0 Å². The molecule has 0 bridgehead atoms. The third-order valence-electron chi connectivity index (χ3n) is 2.41. The second-order valence-electron chi connectivity index (χ2n) is 3.17. The van der Waals surface area contributed by atoms with Crippen LogP contribution in [-0.4, -0.2) is 15.6 Å². The molecule has 0 amide bonds. The molecule has 1 aromatic heterocycles. The van der Waals surface area contributed by atoms with Gasteiger partial charge in [0.15, 0.2) is 5.43 Å². The average Bonchev–Trinajstić information content (AvgIpc) is 2.14. The summed E-state index contributed by atoms with van der Waals surface area (Å²) in [6, 6.07) is 0. The number of aromatic nitrogens is 1. The first kappa shape index (κ1) is 10.5. The van der Waals surface area contributed by atoms with E-state index in [1.807, 2.05) is 13.8 Å². The summed E-state index contributed by atoms with van der Waals surface area (Å²) in [7, 11) is 0. The number of carboxylic acids is 1. The third-order valence-corrected chi connectivity index (χ3v) is 2.41. The lowest BCUT2D eigenvalue weighted by atomic mass is 10.1. The van der Waals surface area contributed by atoms with Crippen molar-refractivity contribution in [2.24, 2.45) is 0 Å². The van der Waals surface area contributed by atoms with Crippen molar-refractivity contribution in [1.82, 2.24) is 4.57 Å². The van der Waals surface area contributed by atoms with Crippen molar-refractivity contribution in [1.29, 1.82) is 0 Å². The maximum absolute atomic E-state index is 11.5. The Morgan fingerprint density at radius 2 is 2.07 bits per heavy atom. The van der Waals surface area contributed by atoms with Gasteiger partial charge in [0.25, 0.3) is 0 Å². The molecule has 0 atom stereocenters. The van der Waals surface area contributed by atoms with E-state index in [9.17, 15) is 9.59 Å². The molecule has 4 heteroatoms. The highest BCUT2D eigenvalue weighted by Crippen LogP contribution is 2.04. The summed E-state index contributed by atoms with van der Waals surface area (Å²) in [4.78, 5) is 22.2. The van der Waals surface area contributed by atoms with Gasteiger partial charge in [0.05, 0.1) is 0 Å². The van der Waals surface area contributed by atoms with Gasteiger partial charge in [0, 0.05) is 24.0 Å². The van der Waals surface area contributed by atoms with Crippen LogP contribution >= 0.6 is 0 Å². The van der Waals surface area contributed by atoms with Gasteiger partial charge >= 0.3 is 5.97 Å². The van der Waals surface area contributed by atoms with Gasteiger partial charge in [-0.25, -0.2) is 4.79 Å². The largest absolute Gasteiger partial charge is 0.477 e. The van der Waals surface area contributed by atoms with Crippen molar-refractivity contribution in [3.05, 3.63) is 33.2 Å². The first-order valence-electron chi connectivity index (χ1n) is 4.43. The molecule has 0 unspecified atom stereocenters. The maximum atomic E-state index is 11.5. The third kappa shape index (κ3) is 1.55. The summed E-state index contributed by atoms with van der Waals surface area (Å²) in [5.41, 5.74) is 0.781. The SMILES string of the molecule is CCn1cc(C(=O)O)c(=O)c(C)c1C. The van der Waals surface area contributed by atoms with Crippen molar-refractivity contribution in [3.8, 4) is 0 Å². The minimum atomic E-state index is -1.17. The molecule has 1 rings (SSSR count). The van der Waals surface area contributed by atoms with Gasteiger partial charge in [-0.3, -0.25) is 4.79 Å². The van der Waals surface area contributed by atoms with E-state index in [1.54, 1.807) is 11.5 Å². The van der Waals surface area contributed by atoms with E-state index in [0.29, 0.717) is 12.1 Å². The number of aromatic carboxylic acids is 1. The number of hydrogen-bond donors (Lipinski definition) is 1. The molecule has 1 aromatic rings. The Kier molecular flexibility index (Phi) is 2.74. The predicted molar refractivity (Wildman–Crippen MR) is 52.8 cm³/mol. The summed E-state index contributed by atoms with van der Waals surface area (Å²) in [5.74, 6) is -1.17. The molecule has 0 radical (unpaired) electrons. The summed E-state index contributed by atoms with van der Waals surface area (Å²) in [5, 5.41) is 8.79. The average molecular weight is 195 g/mol. The van der Waals surface area contributed by atoms with Crippen LogP contribution in [-0.2, 0) is 6.54 Å². The van der Waals surface area contributed by atoms with Crippen LogP contribution in [0.3, 0.4) is 0 Å². The number of carbonyl (C=O) groups is 1. The molecule has 0 aliphatic heterocycles. The first-order chi connectivity index (χ1) is 6.49. The molecule has 76 valence electrons. The van der Waals surface area contributed by atoms with E-state index >= 15 is 0 Å². The quantitative estimate of drug-likeness (QED) is 0.770. The smallest absolute Gasteiger partial charge is 0.341 e. The second kappa shape index (κ2) is 3.65. The van der Waals surface area contributed by atoms with Crippen LogP contribution in [0.1, 0.15) is 28.5 Å². The zero-order valence-electron chi connectivity index (χ0n) is 8.50. The number of pyridine rings is 1. The standard InChI is InChI=1S/C10H13NO3/c1-4-11-5-8(10(13)14)9(12)6(2)7(11)3/h5H,4H2,1-3H3,(H,13,14). The molecule has 0 spiro atoms. The van der Waals surface area contributed by atoms with Crippen LogP contribution in [0.25, 0.3) is 0 Å². The minimum absolute atomic E-state index is 0.157. The van der Waals surface area contributed by atoms with Crippen molar-refractivity contribution in [2.75, 3.05) is 0 Å². The van der Waals surface area contributed by atoms with Crippen LogP contribution in [0.2, 0.25) is 0 Å². The van der Waals surface area contributed by atoms with Crippen molar-refractivity contribution in [3.63, 3.8) is 0 Å². The zero-order valence-corrected chi connectivity index (χ0v) is 8.50. The monoisotopic (exact) mass is 195 g/mol. The molecule has 14 heavy (non-hydrogen) atoms. The molecule has 0 saturated heterocycles. The van der Waals surface area contributed by atoms with Gasteiger partial charge < -0.3 is 9.67 Å². The summed E-state index contributed by atoms with van der Waals surface area (Å²) in [6.07, 6.45) is 1.40. The number of rotatable bonds is 2. The highest BCUT2D eigenvalue weighted by Gasteiger charge is 2.13. The molecule has 0 aliphatic rings. The Morgan fingerprint density at radius 3 is 2.50 bits per heavy atom. The van der Waals surface area contributed by atoms with Crippen LogP contribution in [0.4, 0.5) is 0 Å². The van der Waals surface area contributed by atoms with E-state index in [1.165, 1.54) is 6.20 Å². The van der Waals surface area contributed by atoms with E-state index < -0.39 is 5.97 Å². The van der Waals surface area contributed by atoms with Gasteiger partial charge in [0.2, 0.25) is 0 Å². The topological polar surface area (TPSA) is 59.3 Å². The number of carboxylic acid groups (broad SMARTS) is 1. The van der Waals surface area contributed by atoms with Crippen LogP contribution in [0, 0.1) is 13.8 Å². The summed E-state index contributed by atoms with van der Waals surface area (Å²) in [6.45, 7) is 6.03. The van der Waals surface area contributed by atoms with E-state index in [0.717, 1.165) is 5.69 Å². The van der Waals surface area contributed by atoms with Crippen molar-refractivity contribution in [2.45, 2.75) is 27.3 Å². The summed E-state index contributed by atoms with van der Waals surface area (Å²) >= 11 is 0. The van der Waals surface area contributed by atoms with Gasteiger partial charge in [0.1, 0.15) is 5.56 Å². The number of nitrogens with zero attached hydrogens (tertiary/aromatic N) is 1. The van der Waals surface area contributed by atoms with Gasteiger partial charge in [-0.2, -0.15) is 0 Å². The molecular formula is C10H13NO3. The fraction of sp³-hybridized carbons (Fsp3) is 0.400. The molecule has 4 nitrogen and oxygen atoms in total. The van der Waals surface area contributed by atoms with Crippen molar-refractivity contribution < 1.29 is 9.90 Å². The van der Waals surface area contributed by atoms with Gasteiger partial charge in [-0.15, -0.1) is 0 Å². The fourth-order valence-corrected chi connectivity index (χ4v) is 1.37. The first-order valence-corrected chi connectivity index (χ1v) is 4.43. The number of aryl methyl sites for hydroxylation is 1. The highest BCUT2D eigenvalue weighted by atomic mass is 16.4. The molecule has 0 fully saturated rings. The van der Waals surface area contributed by atoms with E-state index in [4.69, 9.17) is 5.11 Å². The number of hydrogen-bond acceptors (Lipinski definition) is 2. The van der Waals surface area contributed by atoms with Crippen LogP contribution < -0.4 is 5.43 Å². The Labute approximate surface area is 81.8 Å². The molecule has 0 aliphatic carbocycles. The predicted octanol–water partition coefficient (Wildman–Crippen LogP) is 1.18. The Morgan fingerprint density at radius 1 is 1.50 bits per heavy atom. The fourth-order valence-electron chi connectivity index (χ4n) is 1.37. The van der Waals surface area contributed by atoms with Crippen LogP contribution in [0.5, 0.6) is 0 Å². The molecule has 0 aromatic carbocycles. The highest BCUT2D eigenvalue weighted by molar-refractivity contribution is 5.87.